The lowest BCUT2D eigenvalue weighted by Gasteiger charge is -2.37. The molecule has 3 aromatic carbocycles. The number of nitrogens with one attached hydrogen (secondary N) is 5. The van der Waals surface area contributed by atoms with Crippen LogP contribution in [0.3, 0.4) is 0 Å². The third kappa shape index (κ3) is 14.7. The van der Waals surface area contributed by atoms with Crippen molar-refractivity contribution in [1.29, 1.82) is 0 Å². The van der Waals surface area contributed by atoms with Crippen molar-refractivity contribution in [2.45, 2.75) is 100 Å². The fraction of sp³-hybridized carbons (Fsp3) is 0.413. The van der Waals surface area contributed by atoms with Crippen LogP contribution >= 0.6 is 0 Å². The van der Waals surface area contributed by atoms with Crippen LogP contribution in [-0.2, 0) is 38.3 Å². The van der Waals surface area contributed by atoms with Gasteiger partial charge in [0.15, 0.2) is 5.75 Å². The number of amidine groups is 1. The van der Waals surface area contributed by atoms with E-state index >= 15 is 9.59 Å². The fourth-order valence-corrected chi connectivity index (χ4v) is 11.6. The Hall–Kier alpha value is -8.65. The predicted octanol–water partition coefficient (Wildman–Crippen LogP) is 9.35. The Balaban J connectivity index is 1.37. The van der Waals surface area contributed by atoms with E-state index in [1.165, 1.54) is 6.92 Å². The summed E-state index contributed by atoms with van der Waals surface area (Å²) in [5, 5.41) is 21.1. The van der Waals surface area contributed by atoms with E-state index in [4.69, 9.17) is 24.1 Å². The number of aromatic carboxylic acids is 1. The number of hydrogen-bond acceptors (Lipinski definition) is 14. The summed E-state index contributed by atoms with van der Waals surface area (Å²) in [4.78, 5) is 127. The normalized spacial score (nSPS) is 22.5. The average Bonchev–Trinajstić information content (AvgIpc) is 4.16. The van der Waals surface area contributed by atoms with E-state index in [2.05, 4.69) is 65.4 Å². The number of allylic oxidation sites excluding steroid dienone is 1. The van der Waals surface area contributed by atoms with Crippen LogP contribution in [-0.4, -0.2) is 96.3 Å². The van der Waals surface area contributed by atoms with Crippen LogP contribution in [0.4, 0.5) is 5.82 Å². The van der Waals surface area contributed by atoms with Crippen molar-refractivity contribution in [3.8, 4) is 22.6 Å². The van der Waals surface area contributed by atoms with E-state index in [-0.39, 0.29) is 94.5 Å². The summed E-state index contributed by atoms with van der Waals surface area (Å²) in [6, 6.07) is 19.8. The number of ether oxygens (including phenoxy) is 3. The highest BCUT2D eigenvalue weighted by Crippen LogP contribution is 2.43. The van der Waals surface area contributed by atoms with Crippen molar-refractivity contribution in [2.24, 2.45) is 52.3 Å². The van der Waals surface area contributed by atoms with Crippen LogP contribution in [0.5, 0.6) is 11.5 Å². The molecule has 440 valence electrons. The maximum absolute atomic E-state index is 15.2. The second-order valence-corrected chi connectivity index (χ2v) is 22.5. The number of aliphatic imine (C=N–C) groups is 1. The van der Waals surface area contributed by atoms with Gasteiger partial charge in [-0.3, -0.25) is 24.0 Å². The number of esters is 2. The van der Waals surface area contributed by atoms with E-state index in [9.17, 15) is 33.9 Å². The van der Waals surface area contributed by atoms with Gasteiger partial charge in [-0.25, -0.2) is 19.4 Å². The summed E-state index contributed by atoms with van der Waals surface area (Å²) in [5.41, 5.74) is 1.30. The minimum Gasteiger partial charge on any atom is -0.478 e. The number of H-pyrrole nitrogens is 1. The molecule has 2 aliphatic carbocycles. The number of carboxylic acid groups (broad SMARTS) is 1. The Morgan fingerprint density at radius 3 is 1.77 bits per heavy atom. The summed E-state index contributed by atoms with van der Waals surface area (Å²) < 4.78 is 17.9. The van der Waals surface area contributed by atoms with Gasteiger partial charge in [0, 0.05) is 35.9 Å². The number of hydrogen-bond donors (Lipinski definition) is 6. The van der Waals surface area contributed by atoms with Gasteiger partial charge < -0.3 is 50.5 Å². The molecule has 4 amide bonds. The molecule has 2 saturated carbocycles. The fourth-order valence-electron chi connectivity index (χ4n) is 11.6. The van der Waals surface area contributed by atoms with Gasteiger partial charge in [0.1, 0.15) is 35.0 Å². The Bertz CT molecular complexity index is 3210. The molecule has 20 heteroatoms. The summed E-state index contributed by atoms with van der Waals surface area (Å²) >= 11 is 0. The molecule has 20 nitrogen and oxygen atoms in total. The molecule has 3 aliphatic rings. The third-order valence-electron chi connectivity index (χ3n) is 15.5. The molecule has 4 aromatic rings. The maximum Gasteiger partial charge on any atom is 0.342 e. The Kier molecular flexibility index (Phi) is 20.5. The van der Waals surface area contributed by atoms with Crippen molar-refractivity contribution in [1.82, 2.24) is 20.9 Å². The predicted molar refractivity (Wildman–Crippen MR) is 311 cm³/mol. The number of aromatic amines is 1. The van der Waals surface area contributed by atoms with E-state index in [1.807, 2.05) is 19.9 Å². The minimum absolute atomic E-state index is 0.0134. The molecule has 7 rings (SSSR count). The molecule has 0 spiro atoms. The molecule has 0 saturated heterocycles. The summed E-state index contributed by atoms with van der Waals surface area (Å²) in [5.74, 6) is -7.46. The van der Waals surface area contributed by atoms with Crippen molar-refractivity contribution < 1.29 is 67.4 Å². The lowest BCUT2D eigenvalue weighted by Crippen LogP contribution is -2.42. The van der Waals surface area contributed by atoms with Crippen LogP contribution in [0, 0.1) is 47.3 Å². The van der Waals surface area contributed by atoms with E-state index in [0.29, 0.717) is 34.1 Å². The highest BCUT2D eigenvalue weighted by atomic mass is 17.2. The van der Waals surface area contributed by atoms with Crippen molar-refractivity contribution >= 4 is 71.3 Å². The molecule has 0 bridgehead atoms. The molecule has 2 heterocycles. The summed E-state index contributed by atoms with van der Waals surface area (Å²) in [6.07, 6.45) is 3.95. The van der Waals surface area contributed by atoms with Gasteiger partial charge in [-0.15, -0.1) is 0 Å². The molecule has 6 N–H and O–H groups in total. The number of carboxylic acids is 1. The quantitative estimate of drug-likeness (QED) is 0.0149. The molecule has 1 aliphatic heterocycles. The number of benzene rings is 3. The third-order valence-corrected chi connectivity index (χ3v) is 15.5. The Labute approximate surface area is 482 Å². The lowest BCUT2D eigenvalue weighted by molar-refractivity contribution is -0.179. The van der Waals surface area contributed by atoms with E-state index in [1.54, 1.807) is 74.5 Å². The lowest BCUT2D eigenvalue weighted by atomic mass is 9.75. The Morgan fingerprint density at radius 2 is 1.24 bits per heavy atom. The number of rotatable bonds is 21. The molecular weight excluding hydrogens is 1060 g/mol. The van der Waals surface area contributed by atoms with Crippen LogP contribution in [0.15, 0.2) is 101 Å². The standard InChI is InChI=1S/C63H74N6O14/c1-32(2)57(71)64-29-39(9)58(72)68-55-51(62(77)81-53-35(5)22-33(3)23-36(53)6)49(41-18-14-12-15-19-41)45(66-55)28-46-50(42-20-16-13-17-21-42)52(63(78)82-54-37(7)24-34(4)25-38(54)8)56(67-46)69-59(73)40(10)30-65-60(74)43-26-47(80-31-70)48(83-79-11)27-44(43)61(75)76/h12-21,26-28,31,33-40,53-54,67H,1,22-25,29-30H2,2-11H3,(H,64,71)(H,65,74)(H,69,73)(H,75,76)(H,66,68,72)/b45-28-. The monoisotopic (exact) mass is 1140 g/mol. The van der Waals surface area contributed by atoms with Crippen molar-refractivity contribution in [2.75, 3.05) is 25.5 Å². The molecule has 83 heavy (non-hydrogen) atoms. The van der Waals surface area contributed by atoms with E-state index in [0.717, 1.165) is 44.9 Å². The SMILES string of the molecule is C=C(C)C(=O)NCC(C)C(=O)NC1=N/C(=C\c2[nH]c(NC(=O)C(C)CNC(=O)c3cc(OC=O)c(OOC)cc3C(=O)O)c(C(=O)OC3C(C)CC(C)CC3C)c2-c2ccccc2)C(c2ccccc2)=C1C(=O)OC1C(C)CC(C)CC1C. The minimum atomic E-state index is -1.52. The molecule has 6 unspecified atom stereocenters. The number of nitrogens with zero attached hydrogens (tertiary/aromatic N) is 1. The van der Waals surface area contributed by atoms with Gasteiger partial charge >= 0.3 is 17.9 Å². The maximum atomic E-state index is 15.2. The summed E-state index contributed by atoms with van der Waals surface area (Å²) in [6.45, 7) is 20.5. The highest BCUT2D eigenvalue weighted by Gasteiger charge is 2.41. The first-order valence-corrected chi connectivity index (χ1v) is 27.9. The van der Waals surface area contributed by atoms with Crippen molar-refractivity contribution in [3.05, 3.63) is 124 Å². The highest BCUT2D eigenvalue weighted by molar-refractivity contribution is 6.31. The zero-order valence-electron chi connectivity index (χ0n) is 48.5. The first-order chi connectivity index (χ1) is 39.5. The second-order valence-electron chi connectivity index (χ2n) is 22.5. The molecule has 1 aromatic heterocycles. The van der Waals surface area contributed by atoms with Gasteiger partial charge in [-0.05, 0) is 91.4 Å². The molecule has 2 fully saturated rings. The summed E-state index contributed by atoms with van der Waals surface area (Å²) in [7, 11) is 1.15. The van der Waals surface area contributed by atoms with Gasteiger partial charge in [0.25, 0.3) is 12.4 Å². The van der Waals surface area contributed by atoms with Crippen LogP contribution in [0.25, 0.3) is 22.8 Å². The smallest absolute Gasteiger partial charge is 0.342 e. The van der Waals surface area contributed by atoms with Crippen molar-refractivity contribution in [3.63, 3.8) is 0 Å². The molecule has 6 atom stereocenters. The topological polar surface area (TPSA) is 279 Å². The zero-order chi connectivity index (χ0) is 60.4. The Morgan fingerprint density at radius 1 is 0.723 bits per heavy atom. The van der Waals surface area contributed by atoms with Gasteiger partial charge in [0.05, 0.1) is 41.5 Å². The van der Waals surface area contributed by atoms with Crippen LogP contribution in [0.2, 0.25) is 0 Å². The van der Waals surface area contributed by atoms with Crippen LogP contribution < -0.4 is 30.9 Å². The van der Waals surface area contributed by atoms with Gasteiger partial charge in [0.2, 0.25) is 23.5 Å². The first-order valence-electron chi connectivity index (χ1n) is 27.9. The molecule has 0 radical (unpaired) electrons. The number of carbonyl (C=O) groups is 8. The van der Waals surface area contributed by atoms with Gasteiger partial charge in [-0.1, -0.05) is 123 Å². The zero-order valence-corrected chi connectivity index (χ0v) is 48.5. The number of aromatic nitrogens is 1. The number of amides is 4. The largest absolute Gasteiger partial charge is 0.478 e. The van der Waals surface area contributed by atoms with E-state index < -0.39 is 76.7 Å². The first kappa shape index (κ1) is 62.0. The average molecular weight is 1140 g/mol. The van der Waals surface area contributed by atoms with Gasteiger partial charge in [-0.2, -0.15) is 4.89 Å². The number of anilines is 1. The van der Waals surface area contributed by atoms with Crippen LogP contribution in [0.1, 0.15) is 130 Å². The second kappa shape index (κ2) is 27.4. The molecular formula is C63H74N6O14. The number of carbonyl (C=O) groups excluding carboxylic acids is 7.